The van der Waals surface area contributed by atoms with E-state index in [1.807, 2.05) is 0 Å². The van der Waals surface area contributed by atoms with Crippen LogP contribution >= 0.6 is 0 Å². The molecule has 0 saturated carbocycles. The molecular weight excluding hydrogens is 224 g/mol. The van der Waals surface area contributed by atoms with Crippen LogP contribution in [0.25, 0.3) is 0 Å². The van der Waals surface area contributed by atoms with Gasteiger partial charge in [0, 0.05) is 39.3 Å². The molecule has 1 saturated heterocycles. The first-order valence-electron chi connectivity index (χ1n) is 7.01. The molecule has 0 unspecified atom stereocenters. The molecule has 104 valence electrons. The van der Waals surface area contributed by atoms with Gasteiger partial charge >= 0.3 is 0 Å². The SMILES string of the molecule is C=C(/N=C(\C)N(CC)CCC)N1CCN(C)CC1. The van der Waals surface area contributed by atoms with Crippen molar-refractivity contribution in [2.75, 3.05) is 46.3 Å². The minimum absolute atomic E-state index is 0.912. The average molecular weight is 252 g/mol. The lowest BCUT2D eigenvalue weighted by molar-refractivity contribution is 0.185. The van der Waals surface area contributed by atoms with E-state index in [0.717, 1.165) is 57.3 Å². The summed E-state index contributed by atoms with van der Waals surface area (Å²) in [5, 5.41) is 0. The fourth-order valence-corrected chi connectivity index (χ4v) is 2.21. The van der Waals surface area contributed by atoms with Gasteiger partial charge in [-0.1, -0.05) is 13.5 Å². The topological polar surface area (TPSA) is 22.1 Å². The highest BCUT2D eigenvalue weighted by Crippen LogP contribution is 2.09. The van der Waals surface area contributed by atoms with Gasteiger partial charge in [-0.05, 0) is 27.3 Å². The second-order valence-corrected chi connectivity index (χ2v) is 4.95. The van der Waals surface area contributed by atoms with Gasteiger partial charge in [-0.15, -0.1) is 0 Å². The van der Waals surface area contributed by atoms with E-state index >= 15 is 0 Å². The minimum atomic E-state index is 0.912. The van der Waals surface area contributed by atoms with Gasteiger partial charge in [0.1, 0.15) is 11.7 Å². The fraction of sp³-hybridized carbons (Fsp3) is 0.786. The van der Waals surface area contributed by atoms with E-state index in [0.29, 0.717) is 0 Å². The first-order chi connectivity index (χ1) is 8.58. The molecule has 1 aliphatic rings. The van der Waals surface area contributed by atoms with Gasteiger partial charge in [0.15, 0.2) is 0 Å². The van der Waals surface area contributed by atoms with Crippen LogP contribution in [0.15, 0.2) is 17.4 Å². The van der Waals surface area contributed by atoms with E-state index < -0.39 is 0 Å². The fourth-order valence-electron chi connectivity index (χ4n) is 2.21. The van der Waals surface area contributed by atoms with E-state index in [1.54, 1.807) is 0 Å². The van der Waals surface area contributed by atoms with Gasteiger partial charge in [0.05, 0.1) is 0 Å². The predicted molar refractivity (Wildman–Crippen MR) is 78.9 cm³/mol. The second-order valence-electron chi connectivity index (χ2n) is 4.95. The van der Waals surface area contributed by atoms with Crippen molar-refractivity contribution in [3.05, 3.63) is 12.4 Å². The van der Waals surface area contributed by atoms with Crippen LogP contribution in [0.1, 0.15) is 27.2 Å². The predicted octanol–water partition coefficient (Wildman–Crippen LogP) is 1.86. The van der Waals surface area contributed by atoms with Crippen molar-refractivity contribution in [2.24, 2.45) is 4.99 Å². The number of piperazine rings is 1. The summed E-state index contributed by atoms with van der Waals surface area (Å²) in [6, 6.07) is 0. The Morgan fingerprint density at radius 2 is 1.83 bits per heavy atom. The summed E-state index contributed by atoms with van der Waals surface area (Å²) in [5.41, 5.74) is 0. The van der Waals surface area contributed by atoms with Crippen LogP contribution in [0.3, 0.4) is 0 Å². The Morgan fingerprint density at radius 1 is 1.22 bits per heavy atom. The molecule has 4 heteroatoms. The zero-order valence-electron chi connectivity index (χ0n) is 12.4. The highest BCUT2D eigenvalue weighted by Gasteiger charge is 2.15. The summed E-state index contributed by atoms with van der Waals surface area (Å²) in [6.45, 7) is 16.9. The molecule has 1 fully saturated rings. The molecule has 1 heterocycles. The number of hydrogen-bond donors (Lipinski definition) is 0. The Labute approximate surface area is 112 Å². The van der Waals surface area contributed by atoms with Crippen LogP contribution in [-0.4, -0.2) is 66.9 Å². The van der Waals surface area contributed by atoms with Crippen LogP contribution in [0.4, 0.5) is 0 Å². The Hall–Kier alpha value is -1.03. The molecule has 0 N–H and O–H groups in total. The van der Waals surface area contributed by atoms with Gasteiger partial charge in [-0.3, -0.25) is 0 Å². The zero-order valence-corrected chi connectivity index (χ0v) is 12.4. The third-order valence-corrected chi connectivity index (χ3v) is 3.49. The lowest BCUT2D eigenvalue weighted by Gasteiger charge is -2.34. The van der Waals surface area contributed by atoms with Crippen molar-refractivity contribution in [2.45, 2.75) is 27.2 Å². The molecule has 0 aromatic rings. The van der Waals surface area contributed by atoms with E-state index in [4.69, 9.17) is 0 Å². The highest BCUT2D eigenvalue weighted by atomic mass is 15.3. The van der Waals surface area contributed by atoms with E-state index in [-0.39, 0.29) is 0 Å². The Bertz CT molecular complexity index is 290. The van der Waals surface area contributed by atoms with Gasteiger partial charge in [0.25, 0.3) is 0 Å². The summed E-state index contributed by atoms with van der Waals surface area (Å²) in [7, 11) is 2.16. The number of likely N-dealkylation sites (N-methyl/N-ethyl adjacent to an activating group) is 1. The smallest absolute Gasteiger partial charge is 0.123 e. The molecule has 1 aliphatic heterocycles. The third kappa shape index (κ3) is 4.33. The Morgan fingerprint density at radius 3 is 2.33 bits per heavy atom. The standard InChI is InChI=1S/C14H28N4/c1-6-8-17(7-2)13(3)15-14(4)18-11-9-16(5)10-12-18/h4,6-12H2,1-3,5H3/b15-13+. The van der Waals surface area contributed by atoms with Crippen molar-refractivity contribution in [3.8, 4) is 0 Å². The number of hydrogen-bond acceptors (Lipinski definition) is 3. The normalized spacial score (nSPS) is 18.0. The molecule has 0 radical (unpaired) electrons. The molecule has 0 spiro atoms. The Kier molecular flexibility index (Phi) is 6.19. The molecule has 1 rings (SSSR count). The summed E-state index contributed by atoms with van der Waals surface area (Å²) in [5.74, 6) is 2.00. The number of aliphatic imine (C=N–C) groups is 1. The lowest BCUT2D eigenvalue weighted by atomic mass is 10.3. The van der Waals surface area contributed by atoms with Gasteiger partial charge in [-0.25, -0.2) is 4.99 Å². The summed E-state index contributed by atoms with van der Waals surface area (Å²) >= 11 is 0. The third-order valence-electron chi connectivity index (χ3n) is 3.49. The average Bonchev–Trinajstić information content (AvgIpc) is 2.36. The van der Waals surface area contributed by atoms with Crippen molar-refractivity contribution in [1.82, 2.24) is 14.7 Å². The van der Waals surface area contributed by atoms with Crippen LogP contribution in [0.2, 0.25) is 0 Å². The van der Waals surface area contributed by atoms with Crippen LogP contribution in [-0.2, 0) is 0 Å². The van der Waals surface area contributed by atoms with Crippen LogP contribution in [0.5, 0.6) is 0 Å². The van der Waals surface area contributed by atoms with Crippen molar-refractivity contribution in [3.63, 3.8) is 0 Å². The Balaban J connectivity index is 2.55. The minimum Gasteiger partial charge on any atom is -0.361 e. The summed E-state index contributed by atoms with van der Waals surface area (Å²) in [4.78, 5) is 11.6. The summed E-state index contributed by atoms with van der Waals surface area (Å²) < 4.78 is 0. The van der Waals surface area contributed by atoms with Crippen molar-refractivity contribution >= 4 is 5.84 Å². The molecule has 0 aromatic carbocycles. The lowest BCUT2D eigenvalue weighted by Crippen LogP contribution is -2.43. The van der Waals surface area contributed by atoms with Crippen LogP contribution < -0.4 is 0 Å². The largest absolute Gasteiger partial charge is 0.361 e. The molecule has 0 aromatic heterocycles. The van der Waals surface area contributed by atoms with Crippen molar-refractivity contribution in [1.29, 1.82) is 0 Å². The molecule has 0 atom stereocenters. The zero-order chi connectivity index (χ0) is 13.5. The summed E-state index contributed by atoms with van der Waals surface area (Å²) in [6.07, 6.45) is 1.15. The second kappa shape index (κ2) is 7.41. The molecule has 0 amide bonds. The molecule has 18 heavy (non-hydrogen) atoms. The highest BCUT2D eigenvalue weighted by molar-refractivity contribution is 5.80. The van der Waals surface area contributed by atoms with E-state index in [1.165, 1.54) is 0 Å². The van der Waals surface area contributed by atoms with Crippen LogP contribution in [0, 0.1) is 0 Å². The van der Waals surface area contributed by atoms with Gasteiger partial charge in [-0.2, -0.15) is 0 Å². The maximum absolute atomic E-state index is 4.67. The van der Waals surface area contributed by atoms with E-state index in [9.17, 15) is 0 Å². The number of amidine groups is 1. The number of nitrogens with zero attached hydrogens (tertiary/aromatic N) is 4. The molecule has 0 bridgehead atoms. The number of rotatable bonds is 5. The molecule has 0 aliphatic carbocycles. The van der Waals surface area contributed by atoms with E-state index in [2.05, 4.69) is 54.1 Å². The molecular formula is C14H28N4. The monoisotopic (exact) mass is 252 g/mol. The first-order valence-corrected chi connectivity index (χ1v) is 7.01. The maximum Gasteiger partial charge on any atom is 0.123 e. The molecule has 4 nitrogen and oxygen atoms in total. The van der Waals surface area contributed by atoms with Crippen molar-refractivity contribution < 1.29 is 0 Å². The van der Waals surface area contributed by atoms with Gasteiger partial charge in [0.2, 0.25) is 0 Å². The maximum atomic E-state index is 4.67. The van der Waals surface area contributed by atoms with Gasteiger partial charge < -0.3 is 14.7 Å². The first kappa shape index (κ1) is 15.0. The quantitative estimate of drug-likeness (QED) is 0.551.